The number of hydrogen-bond acceptors (Lipinski definition) is 4. The summed E-state index contributed by atoms with van der Waals surface area (Å²) in [6.07, 6.45) is 0. The maximum Gasteiger partial charge on any atom is 0.208 e. The van der Waals surface area contributed by atoms with E-state index in [9.17, 15) is 8.42 Å². The molecular weight excluding hydrogens is 214 g/mol. The zero-order valence-electron chi connectivity index (χ0n) is 7.88. The van der Waals surface area contributed by atoms with Gasteiger partial charge in [0.2, 0.25) is 14.6 Å². The van der Waals surface area contributed by atoms with Gasteiger partial charge in [-0.15, -0.1) is 0 Å². The second-order valence-corrected chi connectivity index (χ2v) is 5.68. The lowest BCUT2D eigenvalue weighted by Crippen LogP contribution is -2.54. The summed E-state index contributed by atoms with van der Waals surface area (Å²) < 4.78 is 27.6. The number of sulfone groups is 1. The Kier molecular flexibility index (Phi) is 2.25. The number of hydrogen-bond donors (Lipinski definition) is 0. The lowest BCUT2D eigenvalue weighted by molar-refractivity contribution is 0.0115. The van der Waals surface area contributed by atoms with Crippen LogP contribution in [0.5, 0.6) is 0 Å². The molecule has 0 atom stereocenters. The van der Waals surface area contributed by atoms with Crippen LogP contribution in [0, 0.1) is 11.3 Å². The fraction of sp³-hybridized carbons (Fsp3) is 0.300. The summed E-state index contributed by atoms with van der Waals surface area (Å²) in [5.41, 5.74) is 0. The number of ether oxygens (including phenoxy) is 1. The molecule has 78 valence electrons. The molecule has 15 heavy (non-hydrogen) atoms. The van der Waals surface area contributed by atoms with Crippen molar-refractivity contribution in [1.82, 2.24) is 0 Å². The second-order valence-electron chi connectivity index (χ2n) is 3.42. The molecule has 0 spiro atoms. The van der Waals surface area contributed by atoms with E-state index in [1.807, 2.05) is 6.07 Å². The van der Waals surface area contributed by atoms with Crippen molar-refractivity contribution in [2.75, 3.05) is 13.2 Å². The number of nitriles is 1. The van der Waals surface area contributed by atoms with Crippen LogP contribution in [0.15, 0.2) is 35.2 Å². The Labute approximate surface area is 88.0 Å². The molecule has 0 bridgehead atoms. The van der Waals surface area contributed by atoms with E-state index in [-0.39, 0.29) is 18.1 Å². The molecule has 0 radical (unpaired) electrons. The van der Waals surface area contributed by atoms with Crippen LogP contribution in [0.3, 0.4) is 0 Å². The summed E-state index contributed by atoms with van der Waals surface area (Å²) in [5.74, 6) is 0. The highest BCUT2D eigenvalue weighted by atomic mass is 32.2. The van der Waals surface area contributed by atoms with Gasteiger partial charge in [0.1, 0.15) is 0 Å². The summed E-state index contributed by atoms with van der Waals surface area (Å²) in [4.78, 5) is 0.176. The normalized spacial score (nSPS) is 18.9. The fourth-order valence-electron chi connectivity index (χ4n) is 1.39. The minimum atomic E-state index is -3.60. The van der Waals surface area contributed by atoms with Crippen molar-refractivity contribution in [3.05, 3.63) is 30.3 Å². The van der Waals surface area contributed by atoms with E-state index in [0.29, 0.717) is 0 Å². The average Bonchev–Trinajstić information content (AvgIpc) is 2.18. The molecule has 1 aromatic carbocycles. The van der Waals surface area contributed by atoms with Crippen LogP contribution in [0.1, 0.15) is 0 Å². The zero-order valence-corrected chi connectivity index (χ0v) is 8.70. The van der Waals surface area contributed by atoms with Crippen molar-refractivity contribution in [2.45, 2.75) is 9.64 Å². The van der Waals surface area contributed by atoms with E-state index in [1.54, 1.807) is 18.2 Å². The summed E-state index contributed by atoms with van der Waals surface area (Å²) in [6, 6.07) is 9.83. The summed E-state index contributed by atoms with van der Waals surface area (Å²) >= 11 is 0. The first-order chi connectivity index (χ1) is 7.12. The van der Waals surface area contributed by atoms with Gasteiger partial charge in [-0.2, -0.15) is 5.26 Å². The minimum Gasteiger partial charge on any atom is -0.376 e. The molecule has 0 aromatic heterocycles. The fourth-order valence-corrected chi connectivity index (χ4v) is 2.96. The zero-order chi connectivity index (χ0) is 10.9. The Bertz CT molecular complexity index is 497. The standard InChI is InChI=1S/C10H9NO3S/c11-6-10(7-14-8-10)15(12,13)9-4-2-1-3-5-9/h1-5H,7-8H2. The highest BCUT2D eigenvalue weighted by Crippen LogP contribution is 2.31. The highest BCUT2D eigenvalue weighted by molar-refractivity contribution is 7.93. The third kappa shape index (κ3) is 1.34. The Morgan fingerprint density at radius 2 is 1.87 bits per heavy atom. The van der Waals surface area contributed by atoms with E-state index in [2.05, 4.69) is 0 Å². The smallest absolute Gasteiger partial charge is 0.208 e. The Morgan fingerprint density at radius 3 is 2.27 bits per heavy atom. The summed E-state index contributed by atoms with van der Waals surface area (Å²) in [6.45, 7) is -0.0819. The van der Waals surface area contributed by atoms with Crippen LogP contribution in [0.25, 0.3) is 0 Å². The first-order valence-corrected chi connectivity index (χ1v) is 5.89. The quantitative estimate of drug-likeness (QED) is 0.742. The molecule has 1 heterocycles. The molecule has 5 heteroatoms. The van der Waals surface area contributed by atoms with Crippen LogP contribution in [-0.4, -0.2) is 26.4 Å². The Hall–Kier alpha value is -1.38. The molecule has 1 saturated heterocycles. The molecule has 1 aliphatic rings. The van der Waals surface area contributed by atoms with E-state index >= 15 is 0 Å². The maximum atomic E-state index is 12.1. The lowest BCUT2D eigenvalue weighted by Gasteiger charge is -2.34. The SMILES string of the molecule is N#CC1(S(=O)(=O)c2ccccc2)COC1. The lowest BCUT2D eigenvalue weighted by atomic mass is 10.1. The summed E-state index contributed by atoms with van der Waals surface area (Å²) in [7, 11) is -3.60. The predicted molar refractivity (Wildman–Crippen MR) is 52.8 cm³/mol. The number of benzene rings is 1. The average molecular weight is 223 g/mol. The molecule has 4 nitrogen and oxygen atoms in total. The Morgan fingerprint density at radius 1 is 1.27 bits per heavy atom. The van der Waals surface area contributed by atoms with E-state index in [0.717, 1.165) is 0 Å². The first kappa shape index (κ1) is 10.1. The molecule has 0 saturated carbocycles. The first-order valence-electron chi connectivity index (χ1n) is 4.41. The third-order valence-corrected chi connectivity index (χ3v) is 4.69. The van der Waals surface area contributed by atoms with E-state index < -0.39 is 14.6 Å². The minimum absolute atomic E-state index is 0.0409. The van der Waals surface area contributed by atoms with Crippen molar-refractivity contribution < 1.29 is 13.2 Å². The maximum absolute atomic E-state index is 12.1. The van der Waals surface area contributed by atoms with Gasteiger partial charge in [-0.1, -0.05) is 18.2 Å². The Balaban J connectivity index is 2.50. The van der Waals surface area contributed by atoms with Gasteiger partial charge in [0.05, 0.1) is 24.2 Å². The largest absolute Gasteiger partial charge is 0.376 e. The van der Waals surface area contributed by atoms with Crippen molar-refractivity contribution in [1.29, 1.82) is 5.26 Å². The molecule has 0 amide bonds. The van der Waals surface area contributed by atoms with Crippen LogP contribution >= 0.6 is 0 Å². The second kappa shape index (κ2) is 3.33. The molecule has 1 aliphatic heterocycles. The van der Waals surface area contributed by atoms with Gasteiger partial charge in [-0.3, -0.25) is 0 Å². The van der Waals surface area contributed by atoms with Crippen molar-refractivity contribution in [3.63, 3.8) is 0 Å². The van der Waals surface area contributed by atoms with Crippen molar-refractivity contribution in [3.8, 4) is 6.07 Å². The molecule has 1 fully saturated rings. The van der Waals surface area contributed by atoms with Crippen LogP contribution in [-0.2, 0) is 14.6 Å². The van der Waals surface area contributed by atoms with Gasteiger partial charge in [-0.25, -0.2) is 8.42 Å². The van der Waals surface area contributed by atoms with Gasteiger partial charge in [0.15, 0.2) is 0 Å². The highest BCUT2D eigenvalue weighted by Gasteiger charge is 2.52. The van der Waals surface area contributed by atoms with Gasteiger partial charge in [-0.05, 0) is 12.1 Å². The summed E-state index contributed by atoms with van der Waals surface area (Å²) in [5, 5.41) is 8.92. The molecule has 2 rings (SSSR count). The van der Waals surface area contributed by atoms with Gasteiger partial charge < -0.3 is 4.74 Å². The molecule has 0 unspecified atom stereocenters. The molecular formula is C10H9NO3S. The van der Waals surface area contributed by atoms with Gasteiger partial charge >= 0.3 is 0 Å². The third-order valence-electron chi connectivity index (χ3n) is 2.44. The van der Waals surface area contributed by atoms with Crippen LogP contribution in [0.2, 0.25) is 0 Å². The predicted octanol–water partition coefficient (Wildman–Crippen LogP) is 0.753. The van der Waals surface area contributed by atoms with Gasteiger partial charge in [0, 0.05) is 0 Å². The topological polar surface area (TPSA) is 67.2 Å². The van der Waals surface area contributed by atoms with E-state index in [4.69, 9.17) is 10.00 Å². The number of nitrogens with zero attached hydrogens (tertiary/aromatic N) is 1. The van der Waals surface area contributed by atoms with Crippen LogP contribution in [0.4, 0.5) is 0 Å². The molecule has 1 aromatic rings. The molecule has 0 aliphatic carbocycles. The van der Waals surface area contributed by atoms with Gasteiger partial charge in [0.25, 0.3) is 0 Å². The van der Waals surface area contributed by atoms with Crippen molar-refractivity contribution in [2.24, 2.45) is 0 Å². The van der Waals surface area contributed by atoms with E-state index in [1.165, 1.54) is 12.1 Å². The van der Waals surface area contributed by atoms with Crippen LogP contribution < -0.4 is 0 Å². The van der Waals surface area contributed by atoms with Crippen molar-refractivity contribution >= 4 is 9.84 Å². The monoisotopic (exact) mass is 223 g/mol. The number of rotatable bonds is 2. The molecule has 0 N–H and O–H groups in total.